The number of fused-ring (bicyclic) bond motifs is 1. The summed E-state index contributed by atoms with van der Waals surface area (Å²) >= 11 is 1.48. The third-order valence-corrected chi connectivity index (χ3v) is 6.48. The number of carbonyl (C=O) groups excluding carboxylic acids is 2. The SMILES string of the molecule is COc1ccccc1CN1C(=O)C(c2cccs2)=C(N2CCc3ccccc32)C1=O. The third-order valence-electron chi connectivity index (χ3n) is 5.59. The maximum absolute atomic E-state index is 13.6. The maximum Gasteiger partial charge on any atom is 0.278 e. The molecular weight excluding hydrogens is 396 g/mol. The molecule has 150 valence electrons. The van der Waals surface area contributed by atoms with Crippen LogP contribution in [0.1, 0.15) is 16.0 Å². The van der Waals surface area contributed by atoms with Gasteiger partial charge in [0.1, 0.15) is 11.4 Å². The Morgan fingerprint density at radius 3 is 2.57 bits per heavy atom. The van der Waals surface area contributed by atoms with Crippen LogP contribution in [0.4, 0.5) is 5.69 Å². The molecule has 0 bridgehead atoms. The highest BCUT2D eigenvalue weighted by atomic mass is 32.1. The average molecular weight is 417 g/mol. The highest BCUT2D eigenvalue weighted by Crippen LogP contribution is 2.40. The smallest absolute Gasteiger partial charge is 0.278 e. The Balaban J connectivity index is 1.58. The van der Waals surface area contributed by atoms with E-state index in [2.05, 4.69) is 6.07 Å². The first-order valence-corrected chi connectivity index (χ1v) is 10.7. The molecule has 2 aromatic carbocycles. The van der Waals surface area contributed by atoms with Crippen LogP contribution in [0, 0.1) is 0 Å². The lowest BCUT2D eigenvalue weighted by atomic mass is 10.1. The number of amides is 2. The van der Waals surface area contributed by atoms with Crippen molar-refractivity contribution in [2.75, 3.05) is 18.6 Å². The molecular formula is C24H20N2O3S. The van der Waals surface area contributed by atoms with Crippen molar-refractivity contribution in [3.05, 3.63) is 87.7 Å². The van der Waals surface area contributed by atoms with Gasteiger partial charge in [-0.3, -0.25) is 14.5 Å². The number of carbonyl (C=O) groups is 2. The molecule has 0 spiro atoms. The van der Waals surface area contributed by atoms with Crippen LogP contribution in [0.15, 0.2) is 71.7 Å². The van der Waals surface area contributed by atoms with E-state index < -0.39 is 0 Å². The van der Waals surface area contributed by atoms with E-state index in [1.807, 2.05) is 64.9 Å². The summed E-state index contributed by atoms with van der Waals surface area (Å²) < 4.78 is 5.43. The normalized spacial score (nSPS) is 15.9. The molecule has 2 amide bonds. The number of rotatable bonds is 5. The number of anilines is 1. The van der Waals surface area contributed by atoms with E-state index in [0.717, 1.165) is 22.5 Å². The molecule has 0 aliphatic carbocycles. The molecule has 30 heavy (non-hydrogen) atoms. The van der Waals surface area contributed by atoms with Crippen LogP contribution >= 0.6 is 11.3 Å². The van der Waals surface area contributed by atoms with Crippen LogP contribution in [0.2, 0.25) is 0 Å². The number of nitrogens with zero attached hydrogens (tertiary/aromatic N) is 2. The predicted molar refractivity (Wildman–Crippen MR) is 117 cm³/mol. The Kier molecular flexibility index (Phi) is 4.64. The lowest BCUT2D eigenvalue weighted by molar-refractivity contribution is -0.137. The Labute approximate surface area is 178 Å². The molecule has 5 nitrogen and oxygen atoms in total. The molecule has 3 heterocycles. The van der Waals surface area contributed by atoms with Crippen molar-refractivity contribution in [3.63, 3.8) is 0 Å². The number of thiophene rings is 1. The average Bonchev–Trinajstić information content (AvgIpc) is 3.49. The highest BCUT2D eigenvalue weighted by molar-refractivity contribution is 7.11. The summed E-state index contributed by atoms with van der Waals surface area (Å²) in [7, 11) is 1.59. The molecule has 0 atom stereocenters. The van der Waals surface area contributed by atoms with E-state index in [-0.39, 0.29) is 18.4 Å². The summed E-state index contributed by atoms with van der Waals surface area (Å²) in [6.45, 7) is 0.862. The molecule has 0 radical (unpaired) electrons. The third kappa shape index (κ3) is 2.92. The minimum Gasteiger partial charge on any atom is -0.496 e. The summed E-state index contributed by atoms with van der Waals surface area (Å²) in [5, 5.41) is 1.93. The first-order valence-electron chi connectivity index (χ1n) is 9.80. The van der Waals surface area contributed by atoms with E-state index >= 15 is 0 Å². The molecule has 3 aromatic rings. The van der Waals surface area contributed by atoms with E-state index in [1.54, 1.807) is 7.11 Å². The van der Waals surface area contributed by atoms with Gasteiger partial charge >= 0.3 is 0 Å². The van der Waals surface area contributed by atoms with Crippen molar-refractivity contribution in [1.29, 1.82) is 0 Å². The number of ether oxygens (including phenoxy) is 1. The number of hydrogen-bond acceptors (Lipinski definition) is 5. The quantitative estimate of drug-likeness (QED) is 0.588. The second kappa shape index (κ2) is 7.46. The van der Waals surface area contributed by atoms with Crippen LogP contribution in [0.3, 0.4) is 0 Å². The van der Waals surface area contributed by atoms with Gasteiger partial charge in [-0.25, -0.2) is 0 Å². The largest absolute Gasteiger partial charge is 0.496 e. The van der Waals surface area contributed by atoms with Crippen molar-refractivity contribution in [1.82, 2.24) is 4.90 Å². The van der Waals surface area contributed by atoms with E-state index in [4.69, 9.17) is 4.74 Å². The summed E-state index contributed by atoms with van der Waals surface area (Å²) in [4.78, 5) is 31.2. The zero-order chi connectivity index (χ0) is 20.7. The fourth-order valence-corrected chi connectivity index (χ4v) is 4.94. The lowest BCUT2D eigenvalue weighted by Gasteiger charge is -2.22. The van der Waals surface area contributed by atoms with E-state index in [9.17, 15) is 9.59 Å². The Morgan fingerprint density at radius 2 is 1.77 bits per heavy atom. The minimum absolute atomic E-state index is 0.176. The highest BCUT2D eigenvalue weighted by Gasteiger charge is 2.43. The Morgan fingerprint density at radius 1 is 0.967 bits per heavy atom. The number of para-hydroxylation sites is 2. The molecule has 0 unspecified atom stereocenters. The number of hydrogen-bond donors (Lipinski definition) is 0. The molecule has 1 aromatic heterocycles. The molecule has 0 N–H and O–H groups in total. The topological polar surface area (TPSA) is 49.9 Å². The van der Waals surface area contributed by atoms with Crippen LogP contribution < -0.4 is 9.64 Å². The van der Waals surface area contributed by atoms with Gasteiger partial charge in [-0.05, 0) is 35.6 Å². The second-order valence-electron chi connectivity index (χ2n) is 7.24. The number of benzene rings is 2. The zero-order valence-electron chi connectivity index (χ0n) is 16.5. The van der Waals surface area contributed by atoms with Crippen molar-refractivity contribution in [3.8, 4) is 5.75 Å². The van der Waals surface area contributed by atoms with Crippen molar-refractivity contribution in [2.24, 2.45) is 0 Å². The summed E-state index contributed by atoms with van der Waals surface area (Å²) in [6, 6.07) is 19.4. The molecule has 2 aliphatic rings. The molecule has 0 saturated carbocycles. The maximum atomic E-state index is 13.6. The van der Waals surface area contributed by atoms with Gasteiger partial charge in [0.15, 0.2) is 0 Å². The summed E-state index contributed by atoms with van der Waals surface area (Å²) in [5.41, 5.74) is 3.96. The second-order valence-corrected chi connectivity index (χ2v) is 8.19. The summed E-state index contributed by atoms with van der Waals surface area (Å²) in [5.74, 6) is 0.148. The molecule has 0 saturated heterocycles. The van der Waals surface area contributed by atoms with Gasteiger partial charge in [0, 0.05) is 22.7 Å². The van der Waals surface area contributed by atoms with Gasteiger partial charge in [-0.15, -0.1) is 11.3 Å². The Bertz CT molecular complexity index is 1170. The van der Waals surface area contributed by atoms with E-state index in [1.165, 1.54) is 21.8 Å². The number of imide groups is 1. The monoisotopic (exact) mass is 416 g/mol. The van der Waals surface area contributed by atoms with Crippen LogP contribution in [0.25, 0.3) is 5.57 Å². The summed E-state index contributed by atoms with van der Waals surface area (Å²) in [6.07, 6.45) is 0.853. The van der Waals surface area contributed by atoms with E-state index in [0.29, 0.717) is 23.6 Å². The van der Waals surface area contributed by atoms with Crippen LogP contribution in [-0.4, -0.2) is 30.4 Å². The number of methoxy groups -OCH3 is 1. The van der Waals surface area contributed by atoms with Gasteiger partial charge in [0.05, 0.1) is 19.2 Å². The first-order chi connectivity index (χ1) is 14.7. The fraction of sp³-hybridized carbons (Fsp3) is 0.167. The van der Waals surface area contributed by atoms with Gasteiger partial charge in [-0.2, -0.15) is 0 Å². The van der Waals surface area contributed by atoms with Crippen LogP contribution in [0.5, 0.6) is 5.75 Å². The van der Waals surface area contributed by atoms with Crippen molar-refractivity contribution in [2.45, 2.75) is 13.0 Å². The molecule has 5 rings (SSSR count). The standard InChI is InChI=1S/C24H20N2O3S/c1-29-19-10-5-3-8-17(19)15-26-23(27)21(20-11-6-14-30-20)22(24(26)28)25-13-12-16-7-2-4-9-18(16)25/h2-11,14H,12-13,15H2,1H3. The van der Waals surface area contributed by atoms with Gasteiger partial charge in [-0.1, -0.05) is 42.5 Å². The van der Waals surface area contributed by atoms with Crippen molar-refractivity contribution < 1.29 is 14.3 Å². The first kappa shape index (κ1) is 18.6. The molecule has 0 fully saturated rings. The van der Waals surface area contributed by atoms with Gasteiger partial charge in [0.25, 0.3) is 11.8 Å². The molecule has 2 aliphatic heterocycles. The van der Waals surface area contributed by atoms with Gasteiger partial charge in [0.2, 0.25) is 0 Å². The minimum atomic E-state index is -0.258. The van der Waals surface area contributed by atoms with Crippen LogP contribution in [-0.2, 0) is 22.6 Å². The fourth-order valence-electron chi connectivity index (χ4n) is 4.17. The van der Waals surface area contributed by atoms with Gasteiger partial charge < -0.3 is 9.64 Å². The lowest BCUT2D eigenvalue weighted by Crippen LogP contribution is -2.34. The van der Waals surface area contributed by atoms with Crippen molar-refractivity contribution >= 4 is 34.4 Å². The Hall–Kier alpha value is -3.38. The predicted octanol–water partition coefficient (Wildman–Crippen LogP) is 4.10. The zero-order valence-corrected chi connectivity index (χ0v) is 17.3. The molecule has 6 heteroatoms.